The maximum Gasteiger partial charge on any atom is 0.119 e. The third-order valence-corrected chi connectivity index (χ3v) is 7.66. The molecule has 0 fully saturated rings. The number of rotatable bonds is 17. The number of nitrogens with zero attached hydrogens (tertiary/aromatic N) is 1. The Balaban J connectivity index is 1.28. The molecule has 0 atom stereocenters. The Morgan fingerprint density at radius 1 is 0.789 bits per heavy atom. The molecule has 5 heteroatoms. The zero-order valence-corrected chi connectivity index (χ0v) is 25.1. The first kappa shape index (κ1) is 30.2. The van der Waals surface area contributed by atoms with Crippen molar-refractivity contribution in [2.24, 2.45) is 0 Å². The van der Waals surface area contributed by atoms with Gasteiger partial charge in [0.1, 0.15) is 24.7 Å². The highest BCUT2D eigenvalue weighted by atomic mass is 79.9. The number of hydrogen-bond donors (Lipinski definition) is 0. The normalized spacial score (nSPS) is 11.6. The monoisotopic (exact) mass is 581 g/mol. The topological polar surface area (TPSA) is 30.9 Å². The summed E-state index contributed by atoms with van der Waals surface area (Å²) in [5.74, 6) is 1.78. The van der Waals surface area contributed by atoms with Crippen molar-refractivity contribution >= 4 is 15.9 Å². The number of ether oxygens (including phenoxy) is 3. The second kappa shape index (κ2) is 15.9. The Labute approximate surface area is 238 Å². The quantitative estimate of drug-likeness (QED) is 0.150. The summed E-state index contributed by atoms with van der Waals surface area (Å²) in [6.45, 7) is 11.0. The van der Waals surface area contributed by atoms with Crippen LogP contribution in [0.15, 0.2) is 77.3 Å². The first-order valence-corrected chi connectivity index (χ1v) is 14.6. The minimum atomic E-state index is 0.207. The third kappa shape index (κ3) is 10.4. The van der Waals surface area contributed by atoms with Crippen molar-refractivity contribution in [2.45, 2.75) is 65.0 Å². The number of likely N-dealkylation sites (N-methyl/N-ethyl adjacent to an activating group) is 1. The van der Waals surface area contributed by atoms with Gasteiger partial charge >= 0.3 is 0 Å². The summed E-state index contributed by atoms with van der Waals surface area (Å²) in [4.78, 5) is 2.26. The molecule has 206 valence electrons. The highest BCUT2D eigenvalue weighted by Gasteiger charge is 2.19. The summed E-state index contributed by atoms with van der Waals surface area (Å²) in [5, 5.41) is 0. The van der Waals surface area contributed by atoms with Gasteiger partial charge in [0.25, 0.3) is 0 Å². The van der Waals surface area contributed by atoms with Gasteiger partial charge in [0.05, 0.1) is 13.2 Å². The standard InChI is InChI=1S/C33H44BrNO3/c1-5-6-9-20-33(2,3)29-14-18-30(19-15-29)37-24-23-36-22-21-35(4)25-27-12-16-31(17-13-27)38-26-28-10-7-8-11-32(28)34/h7-8,10-19H,5-6,9,20-26H2,1-4H3. The lowest BCUT2D eigenvalue weighted by Crippen LogP contribution is -2.23. The summed E-state index contributed by atoms with van der Waals surface area (Å²) in [6, 6.07) is 25.0. The zero-order chi connectivity index (χ0) is 27.2. The van der Waals surface area contributed by atoms with Gasteiger partial charge in [-0.2, -0.15) is 0 Å². The maximum atomic E-state index is 5.93. The number of unbranched alkanes of at least 4 members (excludes halogenated alkanes) is 2. The lowest BCUT2D eigenvalue weighted by atomic mass is 9.80. The Morgan fingerprint density at radius 3 is 2.18 bits per heavy atom. The molecule has 0 N–H and O–H groups in total. The highest BCUT2D eigenvalue weighted by Crippen LogP contribution is 2.30. The van der Waals surface area contributed by atoms with Crippen LogP contribution in [0.2, 0.25) is 0 Å². The molecule has 4 nitrogen and oxygen atoms in total. The van der Waals surface area contributed by atoms with E-state index in [9.17, 15) is 0 Å². The number of hydrogen-bond acceptors (Lipinski definition) is 4. The molecule has 0 radical (unpaired) electrons. The predicted octanol–water partition coefficient (Wildman–Crippen LogP) is 8.41. The highest BCUT2D eigenvalue weighted by molar-refractivity contribution is 9.10. The van der Waals surface area contributed by atoms with E-state index in [1.54, 1.807) is 0 Å². The van der Waals surface area contributed by atoms with Crippen LogP contribution in [0.5, 0.6) is 11.5 Å². The Kier molecular flexibility index (Phi) is 12.7. The lowest BCUT2D eigenvalue weighted by Gasteiger charge is -2.25. The number of benzene rings is 3. The van der Waals surface area contributed by atoms with Crippen LogP contribution in [-0.2, 0) is 23.3 Å². The molecule has 0 saturated heterocycles. The molecule has 3 aromatic carbocycles. The van der Waals surface area contributed by atoms with Crippen molar-refractivity contribution in [3.8, 4) is 11.5 Å². The molecule has 0 aliphatic rings. The molecule has 3 aromatic rings. The second-order valence-corrected chi connectivity index (χ2v) is 11.4. The fourth-order valence-electron chi connectivity index (χ4n) is 4.36. The predicted molar refractivity (Wildman–Crippen MR) is 161 cm³/mol. The van der Waals surface area contributed by atoms with E-state index in [-0.39, 0.29) is 5.41 Å². The van der Waals surface area contributed by atoms with Gasteiger partial charge in [-0.05, 0) is 60.3 Å². The molecular formula is C33H44BrNO3. The van der Waals surface area contributed by atoms with Gasteiger partial charge in [-0.25, -0.2) is 0 Å². The smallest absolute Gasteiger partial charge is 0.119 e. The van der Waals surface area contributed by atoms with Gasteiger partial charge in [0.15, 0.2) is 0 Å². The van der Waals surface area contributed by atoms with Gasteiger partial charge in [-0.3, -0.25) is 4.90 Å². The van der Waals surface area contributed by atoms with Crippen LogP contribution in [0.3, 0.4) is 0 Å². The minimum Gasteiger partial charge on any atom is -0.491 e. The molecule has 0 spiro atoms. The SMILES string of the molecule is CCCCCC(C)(C)c1ccc(OCCOCCN(C)Cc2ccc(OCc3ccccc3Br)cc2)cc1. The van der Waals surface area contributed by atoms with E-state index in [2.05, 4.69) is 91.1 Å². The van der Waals surface area contributed by atoms with E-state index >= 15 is 0 Å². The van der Waals surface area contributed by atoms with Crippen LogP contribution >= 0.6 is 15.9 Å². The third-order valence-electron chi connectivity index (χ3n) is 6.88. The molecule has 0 amide bonds. The van der Waals surface area contributed by atoms with Gasteiger partial charge in [0, 0.05) is 23.1 Å². The van der Waals surface area contributed by atoms with Gasteiger partial charge in [-0.1, -0.05) is 98.4 Å². The van der Waals surface area contributed by atoms with Crippen molar-refractivity contribution in [2.75, 3.05) is 33.4 Å². The van der Waals surface area contributed by atoms with E-state index in [1.807, 2.05) is 30.3 Å². The van der Waals surface area contributed by atoms with Crippen molar-refractivity contribution in [3.63, 3.8) is 0 Å². The van der Waals surface area contributed by atoms with Crippen molar-refractivity contribution in [1.29, 1.82) is 0 Å². The molecule has 0 heterocycles. The Morgan fingerprint density at radius 2 is 1.47 bits per heavy atom. The van der Waals surface area contributed by atoms with E-state index in [0.717, 1.165) is 34.6 Å². The summed E-state index contributed by atoms with van der Waals surface area (Å²) >= 11 is 3.57. The second-order valence-electron chi connectivity index (χ2n) is 10.6. The molecule has 0 aliphatic heterocycles. The Bertz CT molecular complexity index is 1070. The molecule has 0 aromatic heterocycles. The lowest BCUT2D eigenvalue weighted by molar-refractivity contribution is 0.0836. The maximum absolute atomic E-state index is 5.93. The van der Waals surface area contributed by atoms with Crippen LogP contribution in [0.4, 0.5) is 0 Å². The number of halogens is 1. The minimum absolute atomic E-state index is 0.207. The van der Waals surface area contributed by atoms with Crippen molar-refractivity contribution < 1.29 is 14.2 Å². The zero-order valence-electron chi connectivity index (χ0n) is 23.5. The van der Waals surface area contributed by atoms with Crippen LogP contribution in [0, 0.1) is 0 Å². The van der Waals surface area contributed by atoms with Gasteiger partial charge in [-0.15, -0.1) is 0 Å². The van der Waals surface area contributed by atoms with E-state index in [1.165, 1.54) is 36.8 Å². The fraction of sp³-hybridized carbons (Fsp3) is 0.455. The first-order chi connectivity index (χ1) is 18.4. The van der Waals surface area contributed by atoms with Crippen LogP contribution in [-0.4, -0.2) is 38.3 Å². The summed E-state index contributed by atoms with van der Waals surface area (Å²) in [5.41, 5.74) is 3.97. The summed E-state index contributed by atoms with van der Waals surface area (Å²) < 4.78 is 18.7. The molecule has 0 saturated carbocycles. The fourth-order valence-corrected chi connectivity index (χ4v) is 4.76. The van der Waals surface area contributed by atoms with Crippen LogP contribution < -0.4 is 9.47 Å². The van der Waals surface area contributed by atoms with E-state index in [0.29, 0.717) is 26.4 Å². The van der Waals surface area contributed by atoms with Crippen LogP contribution in [0.25, 0.3) is 0 Å². The molecule has 0 bridgehead atoms. The average Bonchev–Trinajstić information content (AvgIpc) is 2.91. The average molecular weight is 583 g/mol. The molecule has 3 rings (SSSR count). The van der Waals surface area contributed by atoms with Gasteiger partial charge in [0.2, 0.25) is 0 Å². The Hall–Kier alpha value is -2.34. The summed E-state index contributed by atoms with van der Waals surface area (Å²) in [6.07, 6.45) is 5.07. The van der Waals surface area contributed by atoms with Crippen molar-refractivity contribution in [3.05, 3.63) is 94.0 Å². The van der Waals surface area contributed by atoms with Gasteiger partial charge < -0.3 is 14.2 Å². The molecule has 0 aliphatic carbocycles. The largest absolute Gasteiger partial charge is 0.491 e. The van der Waals surface area contributed by atoms with E-state index < -0.39 is 0 Å². The molecule has 0 unspecified atom stereocenters. The molecular weight excluding hydrogens is 538 g/mol. The molecule has 38 heavy (non-hydrogen) atoms. The summed E-state index contributed by atoms with van der Waals surface area (Å²) in [7, 11) is 2.11. The van der Waals surface area contributed by atoms with E-state index in [4.69, 9.17) is 14.2 Å². The van der Waals surface area contributed by atoms with Crippen molar-refractivity contribution in [1.82, 2.24) is 4.90 Å². The first-order valence-electron chi connectivity index (χ1n) is 13.8. The van der Waals surface area contributed by atoms with Crippen LogP contribution in [0.1, 0.15) is 63.1 Å².